The van der Waals surface area contributed by atoms with Gasteiger partial charge in [0.25, 0.3) is 0 Å². The Kier molecular flexibility index (Phi) is 4.30. The molecule has 2 atom stereocenters. The fourth-order valence-electron chi connectivity index (χ4n) is 2.56. The highest BCUT2D eigenvalue weighted by molar-refractivity contribution is 9.11. The number of carbonyl (C=O) groups is 1. The van der Waals surface area contributed by atoms with Crippen LogP contribution in [0.2, 0.25) is 0 Å². The lowest BCUT2D eigenvalue weighted by Gasteiger charge is -2.27. The first-order chi connectivity index (χ1) is 9.17. The Hall–Kier alpha value is -0.440. The molecule has 0 radical (unpaired) electrons. The summed E-state index contributed by atoms with van der Waals surface area (Å²) in [4.78, 5) is 12.3. The summed E-state index contributed by atoms with van der Waals surface area (Å²) in [6, 6.07) is 0.984. The van der Waals surface area contributed by atoms with E-state index in [2.05, 4.69) is 20.7 Å². The second kappa shape index (κ2) is 5.40. The van der Waals surface area contributed by atoms with Gasteiger partial charge < -0.3 is 5.11 Å². The standard InChI is InChI=1S/C12H16BrNO4S2/c1-7-8(6-10(13)19-7)20(17,18)14-9-4-3-5-12(9,2)11(15)16/h6,9,14H,3-5H2,1-2H3,(H,15,16). The summed E-state index contributed by atoms with van der Waals surface area (Å²) in [5.41, 5.74) is -1.03. The number of rotatable bonds is 4. The molecule has 1 fully saturated rings. The molecule has 112 valence electrons. The first kappa shape index (κ1) is 15.9. The van der Waals surface area contributed by atoms with Crippen LogP contribution in [0.5, 0.6) is 0 Å². The number of carboxylic acid groups (broad SMARTS) is 1. The second-order valence-corrected chi connectivity index (χ2v) is 9.58. The summed E-state index contributed by atoms with van der Waals surface area (Å²) in [7, 11) is -3.69. The fraction of sp³-hybridized carbons (Fsp3) is 0.583. The zero-order valence-corrected chi connectivity index (χ0v) is 14.4. The van der Waals surface area contributed by atoms with E-state index in [-0.39, 0.29) is 4.90 Å². The number of aryl methyl sites for hydroxylation is 1. The number of thiophene rings is 1. The van der Waals surface area contributed by atoms with Gasteiger partial charge in [0, 0.05) is 10.9 Å². The molecule has 0 saturated heterocycles. The molecule has 1 aliphatic carbocycles. The second-order valence-electron chi connectivity index (χ2n) is 5.26. The first-order valence-electron chi connectivity index (χ1n) is 6.18. The van der Waals surface area contributed by atoms with Gasteiger partial charge in [0.15, 0.2) is 0 Å². The predicted octanol–water partition coefficient (Wildman–Crippen LogP) is 2.74. The van der Waals surface area contributed by atoms with Crippen molar-refractivity contribution in [2.24, 2.45) is 5.41 Å². The largest absolute Gasteiger partial charge is 0.481 e. The van der Waals surface area contributed by atoms with Gasteiger partial charge in [0.2, 0.25) is 10.0 Å². The van der Waals surface area contributed by atoms with Crippen molar-refractivity contribution in [2.75, 3.05) is 0 Å². The molecule has 1 aromatic heterocycles. The van der Waals surface area contributed by atoms with Crippen LogP contribution in [0.4, 0.5) is 0 Å². The van der Waals surface area contributed by atoms with Crippen LogP contribution in [0.1, 0.15) is 31.1 Å². The van der Waals surface area contributed by atoms with Crippen LogP contribution in [0, 0.1) is 12.3 Å². The lowest BCUT2D eigenvalue weighted by atomic mass is 9.85. The molecule has 1 heterocycles. The minimum absolute atomic E-state index is 0.217. The molecule has 2 rings (SSSR count). The molecule has 0 amide bonds. The Balaban J connectivity index is 2.29. The molecule has 1 aliphatic rings. The van der Waals surface area contributed by atoms with Gasteiger partial charge in [-0.3, -0.25) is 4.79 Å². The Morgan fingerprint density at radius 2 is 2.25 bits per heavy atom. The maximum atomic E-state index is 12.4. The molecule has 0 spiro atoms. The first-order valence-corrected chi connectivity index (χ1v) is 9.28. The number of hydrogen-bond acceptors (Lipinski definition) is 4. The molecular formula is C12H16BrNO4S2. The topological polar surface area (TPSA) is 83.5 Å². The van der Waals surface area contributed by atoms with Gasteiger partial charge in [-0.05, 0) is 48.7 Å². The van der Waals surface area contributed by atoms with Crippen LogP contribution in [-0.2, 0) is 14.8 Å². The number of sulfonamides is 1. The van der Waals surface area contributed by atoms with Crippen LogP contribution in [0.15, 0.2) is 14.7 Å². The zero-order chi connectivity index (χ0) is 15.1. The van der Waals surface area contributed by atoms with E-state index < -0.39 is 27.4 Å². The summed E-state index contributed by atoms with van der Waals surface area (Å²) < 4.78 is 28.1. The summed E-state index contributed by atoms with van der Waals surface area (Å²) in [5.74, 6) is -0.953. The van der Waals surface area contributed by atoms with Gasteiger partial charge in [-0.1, -0.05) is 6.42 Å². The number of nitrogens with one attached hydrogen (secondary N) is 1. The van der Waals surface area contributed by atoms with Crippen molar-refractivity contribution in [1.29, 1.82) is 0 Å². The maximum Gasteiger partial charge on any atom is 0.310 e. The van der Waals surface area contributed by atoms with E-state index >= 15 is 0 Å². The van der Waals surface area contributed by atoms with E-state index in [1.165, 1.54) is 11.3 Å². The number of halogens is 1. The number of carboxylic acids is 1. The summed E-state index contributed by atoms with van der Waals surface area (Å²) in [6.07, 6.45) is 1.75. The van der Waals surface area contributed by atoms with Crippen LogP contribution < -0.4 is 4.72 Å². The Labute approximate surface area is 130 Å². The van der Waals surface area contributed by atoms with Gasteiger partial charge in [0.05, 0.1) is 14.1 Å². The van der Waals surface area contributed by atoms with E-state index in [0.29, 0.717) is 24.1 Å². The third kappa shape index (κ3) is 2.79. The Morgan fingerprint density at radius 1 is 1.60 bits per heavy atom. The molecule has 20 heavy (non-hydrogen) atoms. The van der Waals surface area contributed by atoms with E-state index in [1.807, 2.05) is 0 Å². The minimum atomic E-state index is -3.69. The zero-order valence-electron chi connectivity index (χ0n) is 11.1. The van der Waals surface area contributed by atoms with E-state index in [9.17, 15) is 18.3 Å². The van der Waals surface area contributed by atoms with Gasteiger partial charge in [-0.25, -0.2) is 13.1 Å². The average Bonchev–Trinajstić information content (AvgIpc) is 2.84. The lowest BCUT2D eigenvalue weighted by Crippen LogP contribution is -2.46. The molecule has 0 aromatic carbocycles. The van der Waals surface area contributed by atoms with Gasteiger partial charge in [-0.15, -0.1) is 11.3 Å². The molecule has 5 nitrogen and oxygen atoms in total. The quantitative estimate of drug-likeness (QED) is 0.839. The van der Waals surface area contributed by atoms with Crippen molar-refractivity contribution in [1.82, 2.24) is 4.72 Å². The number of hydrogen-bond donors (Lipinski definition) is 2. The summed E-state index contributed by atoms with van der Waals surface area (Å²) >= 11 is 4.61. The highest BCUT2D eigenvalue weighted by atomic mass is 79.9. The molecule has 1 aromatic rings. The van der Waals surface area contributed by atoms with E-state index in [1.54, 1.807) is 19.9 Å². The Bertz CT molecular complexity index is 640. The van der Waals surface area contributed by atoms with Crippen LogP contribution >= 0.6 is 27.3 Å². The molecule has 0 bridgehead atoms. The third-order valence-corrected chi connectivity index (χ3v) is 7.16. The molecule has 8 heteroatoms. The van der Waals surface area contributed by atoms with Crippen LogP contribution in [0.25, 0.3) is 0 Å². The van der Waals surface area contributed by atoms with Crippen molar-refractivity contribution >= 4 is 43.3 Å². The van der Waals surface area contributed by atoms with Crippen LogP contribution in [-0.4, -0.2) is 25.5 Å². The monoisotopic (exact) mass is 381 g/mol. The van der Waals surface area contributed by atoms with Crippen LogP contribution in [0.3, 0.4) is 0 Å². The molecule has 2 N–H and O–H groups in total. The highest BCUT2D eigenvalue weighted by Gasteiger charge is 2.47. The molecule has 2 unspecified atom stereocenters. The molecule has 0 aliphatic heterocycles. The minimum Gasteiger partial charge on any atom is -0.481 e. The predicted molar refractivity (Wildman–Crippen MR) is 80.5 cm³/mol. The third-order valence-electron chi connectivity index (χ3n) is 3.88. The summed E-state index contributed by atoms with van der Waals surface area (Å²) in [6.45, 7) is 3.33. The lowest BCUT2D eigenvalue weighted by molar-refractivity contribution is -0.148. The van der Waals surface area contributed by atoms with Gasteiger partial charge in [-0.2, -0.15) is 0 Å². The van der Waals surface area contributed by atoms with Crippen molar-refractivity contribution in [3.8, 4) is 0 Å². The average molecular weight is 382 g/mol. The molecular weight excluding hydrogens is 366 g/mol. The smallest absolute Gasteiger partial charge is 0.310 e. The molecule has 1 saturated carbocycles. The highest BCUT2D eigenvalue weighted by Crippen LogP contribution is 2.39. The normalized spacial score (nSPS) is 26.9. The fourth-order valence-corrected chi connectivity index (χ4v) is 6.36. The SMILES string of the molecule is Cc1sc(Br)cc1S(=O)(=O)NC1CCCC1(C)C(=O)O. The van der Waals surface area contributed by atoms with E-state index in [4.69, 9.17) is 0 Å². The van der Waals surface area contributed by atoms with Gasteiger partial charge >= 0.3 is 5.97 Å². The van der Waals surface area contributed by atoms with Crippen molar-refractivity contribution in [3.63, 3.8) is 0 Å². The number of aliphatic carboxylic acids is 1. The van der Waals surface area contributed by atoms with Crippen molar-refractivity contribution in [2.45, 2.75) is 44.0 Å². The van der Waals surface area contributed by atoms with Crippen molar-refractivity contribution in [3.05, 3.63) is 14.7 Å². The van der Waals surface area contributed by atoms with Crippen molar-refractivity contribution < 1.29 is 18.3 Å². The maximum absolute atomic E-state index is 12.4. The Morgan fingerprint density at radius 3 is 2.75 bits per heavy atom. The summed E-state index contributed by atoms with van der Waals surface area (Å²) in [5, 5.41) is 9.33. The van der Waals surface area contributed by atoms with E-state index in [0.717, 1.165) is 3.79 Å². The van der Waals surface area contributed by atoms with Gasteiger partial charge in [0.1, 0.15) is 0 Å².